The van der Waals surface area contributed by atoms with Gasteiger partial charge in [-0.25, -0.2) is 9.98 Å². The predicted molar refractivity (Wildman–Crippen MR) is 117 cm³/mol. The molecule has 0 aromatic carbocycles. The summed E-state index contributed by atoms with van der Waals surface area (Å²) in [5.41, 5.74) is 0.844. The average molecular weight is 499 g/mol. The van der Waals surface area contributed by atoms with Crippen molar-refractivity contribution in [1.82, 2.24) is 20.1 Å². The fourth-order valence-corrected chi connectivity index (χ4v) is 2.92. The Balaban J connectivity index is 0.00000280. The maximum absolute atomic E-state index is 12.4. The number of amides is 1. The molecule has 0 spiro atoms. The van der Waals surface area contributed by atoms with Gasteiger partial charge in [-0.05, 0) is 25.1 Å². The van der Waals surface area contributed by atoms with Crippen molar-refractivity contribution in [3.8, 4) is 5.88 Å². The first kappa shape index (κ1) is 22.0. The number of furan rings is 1. The second kappa shape index (κ2) is 10.9. The van der Waals surface area contributed by atoms with E-state index in [4.69, 9.17) is 14.1 Å². The van der Waals surface area contributed by atoms with Crippen molar-refractivity contribution >= 4 is 35.8 Å². The van der Waals surface area contributed by atoms with E-state index < -0.39 is 0 Å². The van der Waals surface area contributed by atoms with Crippen molar-refractivity contribution in [3.63, 3.8) is 0 Å². The minimum atomic E-state index is -0.0674. The average Bonchev–Trinajstić information content (AvgIpc) is 3.26. The van der Waals surface area contributed by atoms with E-state index in [0.717, 1.165) is 18.2 Å². The summed E-state index contributed by atoms with van der Waals surface area (Å²) in [6.45, 7) is 5.95. The molecule has 28 heavy (non-hydrogen) atoms. The Kier molecular flexibility index (Phi) is 8.55. The molecule has 1 saturated heterocycles. The molecule has 1 fully saturated rings. The summed E-state index contributed by atoms with van der Waals surface area (Å²) in [6.07, 6.45) is 1.52. The van der Waals surface area contributed by atoms with Gasteiger partial charge in [0, 0.05) is 38.8 Å². The zero-order valence-corrected chi connectivity index (χ0v) is 18.5. The van der Waals surface area contributed by atoms with Crippen LogP contribution in [0, 0.1) is 0 Å². The number of methoxy groups -OCH3 is 1. The van der Waals surface area contributed by atoms with Crippen LogP contribution in [0.2, 0.25) is 0 Å². The van der Waals surface area contributed by atoms with E-state index in [1.165, 1.54) is 6.26 Å². The van der Waals surface area contributed by atoms with Crippen molar-refractivity contribution in [2.24, 2.45) is 4.99 Å². The van der Waals surface area contributed by atoms with Crippen molar-refractivity contribution in [1.29, 1.82) is 0 Å². The lowest BCUT2D eigenvalue weighted by molar-refractivity contribution is 0.0657. The molecule has 1 amide bonds. The van der Waals surface area contributed by atoms with Crippen LogP contribution in [-0.4, -0.2) is 66.5 Å². The molecule has 0 saturated carbocycles. The number of hydrogen-bond acceptors (Lipinski definition) is 5. The number of nitrogens with zero attached hydrogens (tertiary/aromatic N) is 4. The Morgan fingerprint density at radius 3 is 2.61 bits per heavy atom. The van der Waals surface area contributed by atoms with Gasteiger partial charge >= 0.3 is 0 Å². The lowest BCUT2D eigenvalue weighted by Gasteiger charge is -2.36. The largest absolute Gasteiger partial charge is 0.481 e. The number of carbonyl (C=O) groups excluding carboxylic acids is 1. The van der Waals surface area contributed by atoms with Crippen LogP contribution >= 0.6 is 24.0 Å². The number of nitrogens with one attached hydrogen (secondary N) is 1. The number of carbonyl (C=O) groups is 1. The molecule has 2 aromatic heterocycles. The summed E-state index contributed by atoms with van der Waals surface area (Å²) in [7, 11) is 1.60. The van der Waals surface area contributed by atoms with E-state index in [9.17, 15) is 4.79 Å². The van der Waals surface area contributed by atoms with Gasteiger partial charge in [0.25, 0.3) is 5.91 Å². The molecule has 8 nitrogen and oxygen atoms in total. The van der Waals surface area contributed by atoms with Gasteiger partial charge in [0.15, 0.2) is 11.7 Å². The third-order valence-electron chi connectivity index (χ3n) is 4.31. The summed E-state index contributed by atoms with van der Waals surface area (Å²) >= 11 is 0. The minimum absolute atomic E-state index is 0. The molecule has 3 heterocycles. The Morgan fingerprint density at radius 1 is 1.21 bits per heavy atom. The number of pyridine rings is 1. The van der Waals surface area contributed by atoms with Crippen LogP contribution in [0.4, 0.5) is 0 Å². The quantitative estimate of drug-likeness (QED) is 0.386. The highest BCUT2D eigenvalue weighted by atomic mass is 127. The fraction of sp³-hybridized carbons (Fsp3) is 0.421. The van der Waals surface area contributed by atoms with E-state index in [2.05, 4.69) is 15.2 Å². The lowest BCUT2D eigenvalue weighted by Crippen LogP contribution is -2.53. The molecular formula is C19H26IN5O3. The molecule has 2 aromatic rings. The number of hydrogen-bond donors (Lipinski definition) is 1. The van der Waals surface area contributed by atoms with Crippen LogP contribution in [0.15, 0.2) is 46.0 Å². The zero-order chi connectivity index (χ0) is 19.1. The van der Waals surface area contributed by atoms with Gasteiger partial charge in [-0.15, -0.1) is 24.0 Å². The Labute approximate surface area is 182 Å². The van der Waals surface area contributed by atoms with Gasteiger partial charge in [-0.1, -0.05) is 6.07 Å². The molecule has 0 unspecified atom stereocenters. The van der Waals surface area contributed by atoms with Crippen molar-refractivity contribution in [2.75, 3.05) is 39.8 Å². The van der Waals surface area contributed by atoms with Gasteiger partial charge in [-0.2, -0.15) is 0 Å². The predicted octanol–water partition coefficient (Wildman–Crippen LogP) is 2.22. The highest BCUT2D eigenvalue weighted by Crippen LogP contribution is 2.11. The van der Waals surface area contributed by atoms with E-state index in [1.54, 1.807) is 19.2 Å². The molecular weight excluding hydrogens is 473 g/mol. The summed E-state index contributed by atoms with van der Waals surface area (Å²) in [5.74, 6) is 1.72. The Hall–Kier alpha value is -2.30. The van der Waals surface area contributed by atoms with E-state index in [0.29, 0.717) is 44.4 Å². The van der Waals surface area contributed by atoms with Gasteiger partial charge in [0.2, 0.25) is 5.88 Å². The van der Waals surface area contributed by atoms with E-state index >= 15 is 0 Å². The van der Waals surface area contributed by atoms with Crippen molar-refractivity contribution in [2.45, 2.75) is 13.5 Å². The molecule has 0 atom stereocenters. The number of guanidine groups is 1. The van der Waals surface area contributed by atoms with Gasteiger partial charge < -0.3 is 24.3 Å². The number of ether oxygens (including phenoxy) is 1. The molecule has 0 bridgehead atoms. The third-order valence-corrected chi connectivity index (χ3v) is 4.31. The number of aromatic nitrogens is 1. The Bertz CT molecular complexity index is 774. The summed E-state index contributed by atoms with van der Waals surface area (Å²) < 4.78 is 10.4. The van der Waals surface area contributed by atoms with Crippen LogP contribution in [0.5, 0.6) is 5.88 Å². The van der Waals surface area contributed by atoms with E-state index in [1.807, 2.05) is 30.0 Å². The van der Waals surface area contributed by atoms with Crippen molar-refractivity contribution < 1.29 is 13.9 Å². The molecule has 1 aliphatic heterocycles. The van der Waals surface area contributed by atoms with Crippen LogP contribution in [-0.2, 0) is 6.54 Å². The minimum Gasteiger partial charge on any atom is -0.481 e. The first-order valence-electron chi connectivity index (χ1n) is 9.07. The SMILES string of the molecule is CCNC(=NCc1cccc(OC)n1)N1CCN(C(=O)c2ccco2)CC1.I. The van der Waals surface area contributed by atoms with Gasteiger partial charge in [-0.3, -0.25) is 4.79 Å². The maximum Gasteiger partial charge on any atom is 0.289 e. The Morgan fingerprint density at radius 2 is 1.96 bits per heavy atom. The van der Waals surface area contributed by atoms with E-state index in [-0.39, 0.29) is 29.9 Å². The number of piperazine rings is 1. The zero-order valence-electron chi connectivity index (χ0n) is 16.1. The van der Waals surface area contributed by atoms with Gasteiger partial charge in [0.1, 0.15) is 0 Å². The smallest absolute Gasteiger partial charge is 0.289 e. The van der Waals surface area contributed by atoms with Crippen molar-refractivity contribution in [3.05, 3.63) is 48.0 Å². The summed E-state index contributed by atoms with van der Waals surface area (Å²) in [5, 5.41) is 3.32. The molecule has 0 aliphatic carbocycles. The molecule has 1 aliphatic rings. The third kappa shape index (κ3) is 5.60. The normalized spacial score (nSPS) is 14.4. The van der Waals surface area contributed by atoms with Crippen LogP contribution in [0.25, 0.3) is 0 Å². The first-order valence-corrected chi connectivity index (χ1v) is 9.07. The summed E-state index contributed by atoms with van der Waals surface area (Å²) in [4.78, 5) is 25.4. The fourth-order valence-electron chi connectivity index (χ4n) is 2.92. The second-order valence-electron chi connectivity index (χ2n) is 6.10. The van der Waals surface area contributed by atoms with Crippen LogP contribution in [0.1, 0.15) is 23.2 Å². The highest BCUT2D eigenvalue weighted by molar-refractivity contribution is 14.0. The number of aliphatic imine (C=N–C) groups is 1. The number of rotatable bonds is 5. The summed E-state index contributed by atoms with van der Waals surface area (Å²) in [6, 6.07) is 9.07. The molecule has 1 N–H and O–H groups in total. The lowest BCUT2D eigenvalue weighted by atomic mass is 10.3. The second-order valence-corrected chi connectivity index (χ2v) is 6.10. The standard InChI is InChI=1S/C19H25N5O3.HI/c1-3-20-19(21-14-15-6-4-8-17(22-15)26-2)24-11-9-23(10-12-24)18(25)16-7-5-13-27-16;/h4-8,13H,3,9-12,14H2,1-2H3,(H,20,21);1H. The monoisotopic (exact) mass is 499 g/mol. The van der Waals surface area contributed by atoms with Crippen LogP contribution in [0.3, 0.4) is 0 Å². The number of halogens is 1. The molecule has 9 heteroatoms. The maximum atomic E-state index is 12.4. The molecule has 152 valence electrons. The van der Waals surface area contributed by atoms with Crippen LogP contribution < -0.4 is 10.1 Å². The topological polar surface area (TPSA) is 83.2 Å². The molecule has 3 rings (SSSR count). The van der Waals surface area contributed by atoms with Gasteiger partial charge in [0.05, 0.1) is 25.6 Å². The molecule has 0 radical (unpaired) electrons. The first-order chi connectivity index (χ1) is 13.2. The highest BCUT2D eigenvalue weighted by Gasteiger charge is 2.25.